The molecule has 0 aromatic carbocycles. The molecule has 0 bridgehead atoms. The van der Waals surface area contributed by atoms with Crippen LogP contribution in [0.15, 0.2) is 24.8 Å². The standard InChI is InChI=1S/C10H4N4O2/c15-9-7-5(11-1-3-13-7)6-8(10(9)16)14-4-2-12-6/h1-4H. The lowest BCUT2D eigenvalue weighted by molar-refractivity contribution is 0.0808. The van der Waals surface area contributed by atoms with Crippen molar-refractivity contribution in [3.8, 4) is 11.4 Å². The predicted octanol–water partition coefficient (Wildman–Crippen LogP) is 0.313. The second-order valence-corrected chi connectivity index (χ2v) is 3.17. The Bertz CT molecular complexity index is 568. The summed E-state index contributed by atoms with van der Waals surface area (Å²) < 4.78 is 0. The van der Waals surface area contributed by atoms with Crippen LogP contribution in [0.2, 0.25) is 0 Å². The number of carbonyl (C=O) groups is 2. The number of fused-ring (bicyclic) bond motifs is 3. The summed E-state index contributed by atoms with van der Waals surface area (Å²) >= 11 is 0. The van der Waals surface area contributed by atoms with Gasteiger partial charge in [0.15, 0.2) is 0 Å². The minimum atomic E-state index is -0.684. The van der Waals surface area contributed by atoms with E-state index in [9.17, 15) is 9.59 Å². The van der Waals surface area contributed by atoms with E-state index < -0.39 is 11.6 Å². The average Bonchev–Trinajstić information content (AvgIpc) is 2.36. The van der Waals surface area contributed by atoms with Gasteiger partial charge in [-0.15, -0.1) is 0 Å². The molecule has 2 aromatic heterocycles. The zero-order valence-corrected chi connectivity index (χ0v) is 7.91. The Hall–Kier alpha value is -2.50. The first-order valence-electron chi connectivity index (χ1n) is 4.50. The molecule has 1 aliphatic carbocycles. The van der Waals surface area contributed by atoms with E-state index in [1.165, 1.54) is 24.8 Å². The molecule has 0 fully saturated rings. The van der Waals surface area contributed by atoms with Gasteiger partial charge in [0.2, 0.25) is 0 Å². The molecule has 0 N–H and O–H groups in total. The van der Waals surface area contributed by atoms with Gasteiger partial charge in [-0.05, 0) is 0 Å². The lowest BCUT2D eigenvalue weighted by Gasteiger charge is -2.12. The van der Waals surface area contributed by atoms with Crippen LogP contribution in [0.5, 0.6) is 0 Å². The number of aromatic nitrogens is 4. The van der Waals surface area contributed by atoms with Crippen LogP contribution < -0.4 is 0 Å². The van der Waals surface area contributed by atoms with Gasteiger partial charge in [-0.3, -0.25) is 19.6 Å². The zero-order valence-electron chi connectivity index (χ0n) is 7.91. The number of carbonyl (C=O) groups excluding carboxylic acids is 2. The number of ketones is 2. The SMILES string of the molecule is O=C1C(=O)c2nccnc2-c2nccnc21. The highest BCUT2D eigenvalue weighted by molar-refractivity contribution is 6.51. The maximum atomic E-state index is 11.7. The van der Waals surface area contributed by atoms with Gasteiger partial charge in [0.25, 0.3) is 11.6 Å². The van der Waals surface area contributed by atoms with Crippen molar-refractivity contribution in [3.05, 3.63) is 36.2 Å². The van der Waals surface area contributed by atoms with Crippen molar-refractivity contribution in [2.75, 3.05) is 0 Å². The van der Waals surface area contributed by atoms with Crippen LogP contribution >= 0.6 is 0 Å². The Morgan fingerprint density at radius 1 is 0.562 bits per heavy atom. The molecule has 0 radical (unpaired) electrons. The summed E-state index contributed by atoms with van der Waals surface area (Å²) in [7, 11) is 0. The Kier molecular flexibility index (Phi) is 1.64. The summed E-state index contributed by atoms with van der Waals surface area (Å²) in [5.74, 6) is -1.37. The number of nitrogens with zero attached hydrogens (tertiary/aromatic N) is 4. The van der Waals surface area contributed by atoms with Crippen molar-refractivity contribution in [2.24, 2.45) is 0 Å². The highest BCUT2D eigenvalue weighted by Gasteiger charge is 2.34. The number of hydrogen-bond acceptors (Lipinski definition) is 6. The second-order valence-electron chi connectivity index (χ2n) is 3.17. The smallest absolute Gasteiger partial charge is 0.255 e. The van der Waals surface area contributed by atoms with Crippen molar-refractivity contribution in [3.63, 3.8) is 0 Å². The van der Waals surface area contributed by atoms with Gasteiger partial charge in [0.05, 0.1) is 0 Å². The van der Waals surface area contributed by atoms with Gasteiger partial charge in [-0.25, -0.2) is 9.97 Å². The molecule has 0 amide bonds. The Morgan fingerprint density at radius 3 is 1.25 bits per heavy atom. The maximum absolute atomic E-state index is 11.7. The molecule has 0 unspecified atom stereocenters. The zero-order chi connectivity index (χ0) is 11.1. The van der Waals surface area contributed by atoms with Gasteiger partial charge in [0.1, 0.15) is 22.8 Å². The summed E-state index contributed by atoms with van der Waals surface area (Å²) in [6, 6.07) is 0. The van der Waals surface area contributed by atoms with Crippen molar-refractivity contribution in [2.45, 2.75) is 0 Å². The maximum Gasteiger partial charge on any atom is 0.255 e. The van der Waals surface area contributed by atoms with Crippen LogP contribution in [0.3, 0.4) is 0 Å². The van der Waals surface area contributed by atoms with Gasteiger partial charge in [0, 0.05) is 24.8 Å². The van der Waals surface area contributed by atoms with Crippen molar-refractivity contribution >= 4 is 11.6 Å². The van der Waals surface area contributed by atoms with Crippen LogP contribution in [0.25, 0.3) is 11.4 Å². The normalized spacial score (nSPS) is 13.2. The largest absolute Gasteiger partial charge is 0.283 e. The molecule has 0 aliphatic heterocycles. The quantitative estimate of drug-likeness (QED) is 0.584. The van der Waals surface area contributed by atoms with E-state index in [1.54, 1.807) is 0 Å². The van der Waals surface area contributed by atoms with Crippen molar-refractivity contribution in [1.29, 1.82) is 0 Å². The lowest BCUT2D eigenvalue weighted by Crippen LogP contribution is -2.25. The summed E-state index contributed by atoms with van der Waals surface area (Å²) in [6.45, 7) is 0. The first kappa shape index (κ1) is 8.78. The molecule has 1 aliphatic rings. The molecule has 16 heavy (non-hydrogen) atoms. The molecule has 76 valence electrons. The van der Waals surface area contributed by atoms with Gasteiger partial charge in [-0.2, -0.15) is 0 Å². The Morgan fingerprint density at radius 2 is 0.875 bits per heavy atom. The van der Waals surface area contributed by atoms with Gasteiger partial charge >= 0.3 is 0 Å². The molecular weight excluding hydrogens is 208 g/mol. The molecule has 2 heterocycles. The Balaban J connectivity index is 2.41. The van der Waals surface area contributed by atoms with E-state index >= 15 is 0 Å². The summed E-state index contributed by atoms with van der Waals surface area (Å²) in [5.41, 5.74) is 0.714. The van der Waals surface area contributed by atoms with Crippen LogP contribution in [-0.4, -0.2) is 31.5 Å². The van der Waals surface area contributed by atoms with E-state index in [0.29, 0.717) is 11.4 Å². The molecule has 6 heteroatoms. The second kappa shape index (κ2) is 2.99. The Labute approximate surface area is 89.4 Å². The first-order valence-corrected chi connectivity index (χ1v) is 4.50. The minimum Gasteiger partial charge on any atom is -0.283 e. The van der Waals surface area contributed by atoms with E-state index in [2.05, 4.69) is 19.9 Å². The molecular formula is C10H4N4O2. The molecule has 6 nitrogen and oxygen atoms in total. The van der Waals surface area contributed by atoms with Crippen LogP contribution in [0, 0.1) is 0 Å². The molecule has 0 saturated heterocycles. The topological polar surface area (TPSA) is 85.7 Å². The molecule has 3 rings (SSSR count). The summed E-state index contributed by atoms with van der Waals surface area (Å²) in [6.07, 6.45) is 5.62. The summed E-state index contributed by atoms with van der Waals surface area (Å²) in [4.78, 5) is 39.0. The fraction of sp³-hybridized carbons (Fsp3) is 0. The highest BCUT2D eigenvalue weighted by atomic mass is 16.2. The predicted molar refractivity (Wildman–Crippen MR) is 51.7 cm³/mol. The van der Waals surface area contributed by atoms with E-state index in [1.807, 2.05) is 0 Å². The third kappa shape index (κ3) is 1.01. The monoisotopic (exact) mass is 212 g/mol. The van der Waals surface area contributed by atoms with Crippen LogP contribution in [-0.2, 0) is 0 Å². The van der Waals surface area contributed by atoms with E-state index in [-0.39, 0.29) is 11.4 Å². The fourth-order valence-electron chi connectivity index (χ4n) is 1.57. The average molecular weight is 212 g/mol. The molecule has 0 saturated carbocycles. The first-order chi connectivity index (χ1) is 7.79. The van der Waals surface area contributed by atoms with Gasteiger partial charge in [-0.1, -0.05) is 0 Å². The van der Waals surface area contributed by atoms with Crippen LogP contribution in [0.1, 0.15) is 21.0 Å². The van der Waals surface area contributed by atoms with Crippen LogP contribution in [0.4, 0.5) is 0 Å². The molecule has 0 atom stereocenters. The third-order valence-corrected chi connectivity index (χ3v) is 2.26. The van der Waals surface area contributed by atoms with Crippen molar-refractivity contribution < 1.29 is 9.59 Å². The summed E-state index contributed by atoms with van der Waals surface area (Å²) in [5, 5.41) is 0. The van der Waals surface area contributed by atoms with E-state index in [4.69, 9.17) is 0 Å². The highest BCUT2D eigenvalue weighted by Crippen LogP contribution is 2.26. The van der Waals surface area contributed by atoms with Gasteiger partial charge < -0.3 is 0 Å². The molecule has 2 aromatic rings. The number of hydrogen-bond donors (Lipinski definition) is 0. The van der Waals surface area contributed by atoms with Crippen molar-refractivity contribution in [1.82, 2.24) is 19.9 Å². The third-order valence-electron chi connectivity index (χ3n) is 2.26. The molecule has 0 spiro atoms. The lowest BCUT2D eigenvalue weighted by atomic mass is 9.98. The minimum absolute atomic E-state index is 0.0421. The van der Waals surface area contributed by atoms with E-state index in [0.717, 1.165) is 0 Å². The number of Topliss-reactive ketones (excluding diaryl/α,β-unsaturated/α-hetero) is 2. The fourth-order valence-corrected chi connectivity index (χ4v) is 1.57. The number of rotatable bonds is 0.